The lowest BCUT2D eigenvalue weighted by atomic mass is 10.00. The first-order valence-electron chi connectivity index (χ1n) is 12.0. The fourth-order valence-electron chi connectivity index (χ4n) is 3.96. The van der Waals surface area contributed by atoms with Gasteiger partial charge in [0.05, 0.1) is 0 Å². The summed E-state index contributed by atoms with van der Waals surface area (Å²) in [6.07, 6.45) is 3.21. The molecule has 1 atom stereocenters. The smallest absolute Gasteiger partial charge is 0.251 e. The number of benzene rings is 1. The molecule has 0 fully saturated rings. The molecule has 0 aliphatic rings. The molecule has 0 aliphatic heterocycles. The first kappa shape index (κ1) is 25.7. The Bertz CT molecular complexity index is 1400. The van der Waals surface area contributed by atoms with Crippen molar-refractivity contribution >= 4 is 17.5 Å². The first-order chi connectivity index (χ1) is 17.5. The van der Waals surface area contributed by atoms with Crippen LogP contribution in [-0.4, -0.2) is 42.5 Å². The summed E-state index contributed by atoms with van der Waals surface area (Å²) in [5.74, 6) is 0.760. The number of pyridine rings is 1. The van der Waals surface area contributed by atoms with E-state index in [1.54, 1.807) is 36.7 Å². The van der Waals surface area contributed by atoms with Gasteiger partial charge in [0, 0.05) is 23.6 Å². The van der Waals surface area contributed by atoms with Gasteiger partial charge in [-0.05, 0) is 93.8 Å². The van der Waals surface area contributed by atoms with Crippen LogP contribution in [0.1, 0.15) is 49.3 Å². The molecular weight excluding hydrogens is 470 g/mol. The molecule has 0 radical (unpaired) electrons. The highest BCUT2D eigenvalue weighted by Crippen LogP contribution is 2.32. The first-order valence-corrected chi connectivity index (χ1v) is 12.0. The number of hydrogen-bond acceptors (Lipinski definition) is 7. The maximum absolute atomic E-state index is 14.0. The zero-order valence-electron chi connectivity index (χ0n) is 21.9. The summed E-state index contributed by atoms with van der Waals surface area (Å²) in [5, 5.41) is 15.4. The summed E-state index contributed by atoms with van der Waals surface area (Å²) in [4.78, 5) is 34.5. The van der Waals surface area contributed by atoms with E-state index in [2.05, 4.69) is 25.7 Å². The van der Waals surface area contributed by atoms with Gasteiger partial charge in [0.1, 0.15) is 18.3 Å². The topological polar surface area (TPSA) is 119 Å². The molecule has 192 valence electrons. The highest BCUT2D eigenvalue weighted by molar-refractivity contribution is 6.02. The third kappa shape index (κ3) is 6.08. The van der Waals surface area contributed by atoms with Crippen LogP contribution in [0.3, 0.4) is 0 Å². The Hall–Kier alpha value is -4.34. The van der Waals surface area contributed by atoms with Gasteiger partial charge in [-0.1, -0.05) is 12.1 Å². The predicted molar refractivity (Wildman–Crippen MR) is 139 cm³/mol. The number of nitrogens with zero attached hydrogens (tertiary/aromatic N) is 6. The Morgan fingerprint density at radius 1 is 1.05 bits per heavy atom. The molecule has 0 aliphatic carbocycles. The maximum Gasteiger partial charge on any atom is 0.251 e. The minimum Gasteiger partial charge on any atom is -0.458 e. The Kier molecular flexibility index (Phi) is 7.19. The standard InChI is InChI=1S/C27H31N7O3/c1-17-7-8-18(2)21(15-17)34(24(20-11-13-28-14-12-20)26(36)29-27(4,5)6)23(35)16-33-31-25(30-32-33)22-10-9-19(3)37-22/h7-15,24H,16H2,1-6H3,(H,29,36). The van der Waals surface area contributed by atoms with Crippen molar-refractivity contribution in [2.75, 3.05) is 4.90 Å². The van der Waals surface area contributed by atoms with Gasteiger partial charge in [-0.3, -0.25) is 19.5 Å². The molecule has 10 nitrogen and oxygen atoms in total. The average molecular weight is 502 g/mol. The summed E-state index contributed by atoms with van der Waals surface area (Å²) in [6, 6.07) is 11.9. The SMILES string of the molecule is Cc1ccc(C)c(N(C(=O)Cn2nnc(-c3ccc(C)o3)n2)C(C(=O)NC(C)(C)C)c2ccncc2)c1. The average Bonchev–Trinajstić information content (AvgIpc) is 3.47. The Morgan fingerprint density at radius 2 is 1.78 bits per heavy atom. The van der Waals surface area contributed by atoms with E-state index in [0.29, 0.717) is 22.8 Å². The molecule has 2 amide bonds. The maximum atomic E-state index is 14.0. The quantitative estimate of drug-likeness (QED) is 0.407. The van der Waals surface area contributed by atoms with Gasteiger partial charge >= 0.3 is 0 Å². The third-order valence-electron chi connectivity index (χ3n) is 5.61. The van der Waals surface area contributed by atoms with Gasteiger partial charge < -0.3 is 9.73 Å². The van der Waals surface area contributed by atoms with E-state index in [1.807, 2.05) is 59.7 Å². The van der Waals surface area contributed by atoms with Crippen molar-refractivity contribution in [2.45, 2.75) is 59.7 Å². The number of carbonyl (C=O) groups excluding carboxylic acids is 2. The van der Waals surface area contributed by atoms with Crippen LogP contribution in [0.2, 0.25) is 0 Å². The Morgan fingerprint density at radius 3 is 2.43 bits per heavy atom. The van der Waals surface area contributed by atoms with E-state index in [4.69, 9.17) is 4.42 Å². The minimum atomic E-state index is -0.953. The van der Waals surface area contributed by atoms with Gasteiger partial charge in [0.15, 0.2) is 5.76 Å². The van der Waals surface area contributed by atoms with Gasteiger partial charge in [0.25, 0.3) is 5.91 Å². The minimum absolute atomic E-state index is 0.232. The second-order valence-corrected chi connectivity index (χ2v) is 10.0. The van der Waals surface area contributed by atoms with Crippen molar-refractivity contribution < 1.29 is 14.0 Å². The molecule has 0 bridgehead atoms. The summed E-state index contributed by atoms with van der Waals surface area (Å²) >= 11 is 0. The van der Waals surface area contributed by atoms with Crippen molar-refractivity contribution in [3.63, 3.8) is 0 Å². The molecule has 1 N–H and O–H groups in total. The normalized spacial score (nSPS) is 12.3. The van der Waals surface area contributed by atoms with Crippen molar-refractivity contribution in [1.29, 1.82) is 0 Å². The van der Waals surface area contributed by atoms with E-state index >= 15 is 0 Å². The van der Waals surface area contributed by atoms with Crippen LogP contribution >= 0.6 is 0 Å². The lowest BCUT2D eigenvalue weighted by Crippen LogP contribution is -2.50. The lowest BCUT2D eigenvalue weighted by Gasteiger charge is -2.34. The van der Waals surface area contributed by atoms with Crippen LogP contribution in [0.15, 0.2) is 59.3 Å². The molecule has 3 aromatic heterocycles. The highest BCUT2D eigenvalue weighted by atomic mass is 16.3. The molecule has 1 aromatic carbocycles. The molecule has 1 unspecified atom stereocenters. The molecule has 0 spiro atoms. The summed E-state index contributed by atoms with van der Waals surface area (Å²) in [7, 11) is 0. The number of tetrazole rings is 1. The van der Waals surface area contributed by atoms with Crippen LogP contribution < -0.4 is 10.2 Å². The van der Waals surface area contributed by atoms with Crippen LogP contribution in [0, 0.1) is 20.8 Å². The van der Waals surface area contributed by atoms with E-state index < -0.39 is 11.6 Å². The number of hydrogen-bond donors (Lipinski definition) is 1. The molecule has 37 heavy (non-hydrogen) atoms. The van der Waals surface area contributed by atoms with Crippen LogP contribution in [0.5, 0.6) is 0 Å². The van der Waals surface area contributed by atoms with E-state index in [1.165, 1.54) is 9.70 Å². The highest BCUT2D eigenvalue weighted by Gasteiger charge is 2.35. The molecule has 4 aromatic rings. The number of anilines is 1. The number of aryl methyl sites for hydroxylation is 3. The zero-order chi connectivity index (χ0) is 26.7. The second-order valence-electron chi connectivity index (χ2n) is 10.0. The largest absolute Gasteiger partial charge is 0.458 e. The fourth-order valence-corrected chi connectivity index (χ4v) is 3.96. The summed E-state index contributed by atoms with van der Waals surface area (Å²) in [6.45, 7) is 11.1. The van der Waals surface area contributed by atoms with E-state index in [0.717, 1.165) is 11.1 Å². The van der Waals surface area contributed by atoms with Gasteiger partial charge in [-0.2, -0.15) is 4.80 Å². The van der Waals surface area contributed by atoms with Crippen LogP contribution in [0.25, 0.3) is 11.6 Å². The molecule has 0 saturated carbocycles. The molecular formula is C27H31N7O3. The lowest BCUT2D eigenvalue weighted by molar-refractivity contribution is -0.128. The Labute approximate surface area is 215 Å². The monoisotopic (exact) mass is 501 g/mol. The van der Waals surface area contributed by atoms with Gasteiger partial charge in [-0.25, -0.2) is 0 Å². The number of furan rings is 1. The molecule has 4 rings (SSSR count). The van der Waals surface area contributed by atoms with Crippen molar-refractivity contribution in [2.24, 2.45) is 0 Å². The van der Waals surface area contributed by atoms with Gasteiger partial charge in [-0.15, -0.1) is 10.2 Å². The summed E-state index contributed by atoms with van der Waals surface area (Å²) in [5.41, 5.74) is 2.54. The van der Waals surface area contributed by atoms with Crippen molar-refractivity contribution in [3.8, 4) is 11.6 Å². The zero-order valence-corrected chi connectivity index (χ0v) is 21.9. The Balaban J connectivity index is 1.77. The summed E-state index contributed by atoms with van der Waals surface area (Å²) < 4.78 is 5.57. The number of aromatic nitrogens is 5. The van der Waals surface area contributed by atoms with E-state index in [9.17, 15) is 9.59 Å². The molecule has 3 heterocycles. The van der Waals surface area contributed by atoms with Crippen molar-refractivity contribution in [3.05, 3.63) is 77.3 Å². The second kappa shape index (κ2) is 10.3. The number of amides is 2. The predicted octanol–water partition coefficient (Wildman–Crippen LogP) is 3.94. The van der Waals surface area contributed by atoms with Crippen LogP contribution in [0.4, 0.5) is 5.69 Å². The van der Waals surface area contributed by atoms with Crippen molar-refractivity contribution in [1.82, 2.24) is 30.5 Å². The number of rotatable bonds is 7. The number of carbonyl (C=O) groups is 2. The number of nitrogens with one attached hydrogen (secondary N) is 1. The molecule has 10 heteroatoms. The van der Waals surface area contributed by atoms with Crippen LogP contribution in [-0.2, 0) is 16.1 Å². The fraction of sp³-hybridized carbons (Fsp3) is 0.333. The molecule has 0 saturated heterocycles. The van der Waals surface area contributed by atoms with E-state index in [-0.39, 0.29) is 24.2 Å². The van der Waals surface area contributed by atoms with Gasteiger partial charge in [0.2, 0.25) is 11.7 Å². The third-order valence-corrected chi connectivity index (χ3v) is 5.61.